The number of hydrogen-bond donors (Lipinski definition) is 4. The Morgan fingerprint density at radius 2 is 1.78 bits per heavy atom. The van der Waals surface area contributed by atoms with Crippen molar-refractivity contribution in [1.82, 2.24) is 20.5 Å². The number of carbonyl (C=O) groups excluding carboxylic acids is 1. The molecule has 0 radical (unpaired) electrons. The van der Waals surface area contributed by atoms with Crippen LogP contribution in [0.3, 0.4) is 0 Å². The second-order valence-corrected chi connectivity index (χ2v) is 14.9. The van der Waals surface area contributed by atoms with Crippen molar-refractivity contribution in [2.24, 2.45) is 0 Å². The van der Waals surface area contributed by atoms with Crippen LogP contribution in [0.5, 0.6) is 17.2 Å². The van der Waals surface area contributed by atoms with Crippen molar-refractivity contribution in [1.29, 1.82) is 0 Å². The molecule has 55 heavy (non-hydrogen) atoms. The fourth-order valence-corrected chi connectivity index (χ4v) is 7.41. The van der Waals surface area contributed by atoms with Gasteiger partial charge in [-0.2, -0.15) is 0 Å². The number of rotatable bonds is 10. The molecule has 0 saturated carbocycles. The molecule has 0 spiro atoms. The summed E-state index contributed by atoms with van der Waals surface area (Å²) in [4.78, 5) is 19.4. The predicted octanol–water partition coefficient (Wildman–Crippen LogP) is 7.85. The molecule has 4 N–H and O–H groups in total. The molecule has 3 heterocycles. The molecule has 2 aliphatic rings. The second-order valence-electron chi connectivity index (χ2n) is 14.5. The zero-order valence-electron chi connectivity index (χ0n) is 31.9. The number of likely N-dealkylation sites (tertiary alicyclic amines) is 1. The van der Waals surface area contributed by atoms with Gasteiger partial charge in [0.1, 0.15) is 36.2 Å². The van der Waals surface area contributed by atoms with Crippen molar-refractivity contribution in [2.75, 3.05) is 32.8 Å². The standard InChI is InChI=1S/C44H53ClN4O6/c1-29-33(9-6-10-37(29)38-11-7-13-41(30(38)2)53-20-8-17-49-18-14-36(51)15-19-49)28-55-43-23-42-34(22-39(43)45)26-48-40(31(3)50)12-4-5-16-47-44(52)35-21-32(27-54-42)24-46-25-35/h6-7,9-11,13,21-25,36,40,48,50-51H,3-5,8,12,14-20,26-28H2,1-2H3,(H,47,52)/t40-/m0/s1. The lowest BCUT2D eigenvalue weighted by Crippen LogP contribution is -2.36. The SMILES string of the molecule is C=C(O)[C@@H]1CCCCNC(=O)c2cncc(c2)COc2cc(OCc3cccc(-c4cccc(OCCCN5CCC(O)CC5)c4C)c3C)c(Cl)cc2CN1. The van der Waals surface area contributed by atoms with Gasteiger partial charge in [0.05, 0.1) is 29.3 Å². The number of aliphatic hydroxyl groups excluding tert-OH is 2. The van der Waals surface area contributed by atoms with Crippen LogP contribution in [0.2, 0.25) is 5.02 Å². The van der Waals surface area contributed by atoms with Crippen LogP contribution in [0.15, 0.2) is 79.3 Å². The molecule has 2 aliphatic heterocycles. The molecule has 1 amide bonds. The molecule has 4 aromatic rings. The molecule has 11 heteroatoms. The third-order valence-corrected chi connectivity index (χ3v) is 10.8. The van der Waals surface area contributed by atoms with Crippen molar-refractivity contribution in [3.05, 3.63) is 118 Å². The number of piperidine rings is 1. The molecule has 1 aromatic heterocycles. The highest BCUT2D eigenvalue weighted by molar-refractivity contribution is 6.32. The molecule has 2 bridgehead atoms. The average Bonchev–Trinajstić information content (AvgIpc) is 3.18. The smallest absolute Gasteiger partial charge is 0.252 e. The van der Waals surface area contributed by atoms with Gasteiger partial charge in [-0.1, -0.05) is 48.5 Å². The molecular weight excluding hydrogens is 716 g/mol. The van der Waals surface area contributed by atoms with Gasteiger partial charge in [-0.05, 0) is 98.4 Å². The third-order valence-electron chi connectivity index (χ3n) is 10.5. The summed E-state index contributed by atoms with van der Waals surface area (Å²) in [5, 5.41) is 26.9. The Hall–Kier alpha value is -4.61. The fourth-order valence-electron chi connectivity index (χ4n) is 7.17. The minimum absolute atomic E-state index is 0.0535. The number of ether oxygens (including phenoxy) is 3. The number of pyridine rings is 1. The molecule has 10 nitrogen and oxygen atoms in total. The van der Waals surface area contributed by atoms with Crippen molar-refractivity contribution >= 4 is 17.5 Å². The topological polar surface area (TPSA) is 125 Å². The van der Waals surface area contributed by atoms with E-state index in [2.05, 4.69) is 59.1 Å². The van der Waals surface area contributed by atoms with Gasteiger partial charge >= 0.3 is 0 Å². The van der Waals surface area contributed by atoms with E-state index in [-0.39, 0.29) is 37.0 Å². The highest BCUT2D eigenvalue weighted by atomic mass is 35.5. The first kappa shape index (κ1) is 40.1. The van der Waals surface area contributed by atoms with Crippen LogP contribution < -0.4 is 24.8 Å². The van der Waals surface area contributed by atoms with E-state index in [4.69, 9.17) is 25.8 Å². The van der Waals surface area contributed by atoms with E-state index in [0.29, 0.717) is 48.2 Å². The van der Waals surface area contributed by atoms with Crippen LogP contribution in [-0.2, 0) is 19.8 Å². The number of aliphatic hydroxyl groups is 2. The number of carbonyl (C=O) groups is 1. The summed E-state index contributed by atoms with van der Waals surface area (Å²) in [6.45, 7) is 12.8. The number of halogens is 1. The number of aromatic nitrogens is 1. The zero-order chi connectivity index (χ0) is 38.7. The lowest BCUT2D eigenvalue weighted by molar-refractivity contribution is 0.0800. The van der Waals surface area contributed by atoms with Gasteiger partial charge in [0.15, 0.2) is 0 Å². The van der Waals surface area contributed by atoms with Crippen molar-refractivity contribution in [3.8, 4) is 28.4 Å². The van der Waals surface area contributed by atoms with Gasteiger partial charge in [-0.15, -0.1) is 0 Å². The van der Waals surface area contributed by atoms with Crippen LogP contribution in [-0.4, -0.2) is 70.9 Å². The zero-order valence-corrected chi connectivity index (χ0v) is 32.7. The van der Waals surface area contributed by atoms with E-state index in [9.17, 15) is 15.0 Å². The first-order chi connectivity index (χ1) is 26.7. The van der Waals surface area contributed by atoms with Crippen LogP contribution in [0.25, 0.3) is 11.1 Å². The van der Waals surface area contributed by atoms with Crippen molar-refractivity contribution in [2.45, 2.75) is 84.3 Å². The molecule has 1 fully saturated rings. The molecular formula is C44H53ClN4O6. The van der Waals surface area contributed by atoms with E-state index >= 15 is 0 Å². The summed E-state index contributed by atoms with van der Waals surface area (Å²) >= 11 is 6.86. The number of fused-ring (bicyclic) bond motifs is 3. The monoisotopic (exact) mass is 768 g/mol. The van der Waals surface area contributed by atoms with Gasteiger partial charge in [0.25, 0.3) is 5.91 Å². The van der Waals surface area contributed by atoms with Crippen LogP contribution >= 0.6 is 11.6 Å². The average molecular weight is 769 g/mol. The molecule has 1 atom stereocenters. The quantitative estimate of drug-likeness (QED) is 0.0944. The Balaban J connectivity index is 1.17. The van der Waals surface area contributed by atoms with Crippen molar-refractivity contribution < 1.29 is 29.2 Å². The molecule has 0 aliphatic carbocycles. The molecule has 0 unspecified atom stereocenters. The van der Waals surface area contributed by atoms with E-state index in [0.717, 1.165) is 96.4 Å². The maximum Gasteiger partial charge on any atom is 0.252 e. The van der Waals surface area contributed by atoms with E-state index < -0.39 is 0 Å². The minimum atomic E-state index is -0.338. The number of nitrogens with zero attached hydrogens (tertiary/aromatic N) is 2. The Labute approximate surface area is 329 Å². The molecule has 1 saturated heterocycles. The maximum absolute atomic E-state index is 12.8. The van der Waals surface area contributed by atoms with Crippen molar-refractivity contribution in [3.63, 3.8) is 0 Å². The summed E-state index contributed by atoms with van der Waals surface area (Å²) < 4.78 is 19.0. The largest absolute Gasteiger partial charge is 0.511 e. The van der Waals surface area contributed by atoms with E-state index in [1.165, 1.54) is 0 Å². The second kappa shape index (κ2) is 19.3. The number of amides is 1. The van der Waals surface area contributed by atoms with Gasteiger partial charge in [0, 0.05) is 62.3 Å². The number of nitrogens with one attached hydrogen (secondary N) is 2. The maximum atomic E-state index is 12.8. The highest BCUT2D eigenvalue weighted by Crippen LogP contribution is 2.36. The normalized spacial score (nSPS) is 17.5. The van der Waals surface area contributed by atoms with Crippen LogP contribution in [0, 0.1) is 13.8 Å². The van der Waals surface area contributed by atoms with Gasteiger partial charge in [0.2, 0.25) is 0 Å². The minimum Gasteiger partial charge on any atom is -0.511 e. The summed E-state index contributed by atoms with van der Waals surface area (Å²) in [5.74, 6) is 1.77. The van der Waals surface area contributed by atoms with Gasteiger partial charge < -0.3 is 40.0 Å². The lowest BCUT2D eigenvalue weighted by Gasteiger charge is -2.29. The van der Waals surface area contributed by atoms with E-state index in [1.807, 2.05) is 24.3 Å². The summed E-state index contributed by atoms with van der Waals surface area (Å²) in [7, 11) is 0. The Morgan fingerprint density at radius 1 is 1.00 bits per heavy atom. The van der Waals surface area contributed by atoms with Gasteiger partial charge in [-0.25, -0.2) is 0 Å². The summed E-state index contributed by atoms with van der Waals surface area (Å²) in [6.07, 6.45) is 7.87. The first-order valence-corrected chi connectivity index (χ1v) is 19.7. The van der Waals surface area contributed by atoms with Crippen LogP contribution in [0.4, 0.5) is 0 Å². The fraction of sp³-hybridized carbons (Fsp3) is 0.409. The molecule has 292 valence electrons. The molecule has 6 rings (SSSR count). The van der Waals surface area contributed by atoms with E-state index in [1.54, 1.807) is 24.5 Å². The Morgan fingerprint density at radius 3 is 2.58 bits per heavy atom. The predicted molar refractivity (Wildman–Crippen MR) is 216 cm³/mol. The summed E-state index contributed by atoms with van der Waals surface area (Å²) in [6, 6.07) is 17.5. The van der Waals surface area contributed by atoms with Gasteiger partial charge in [-0.3, -0.25) is 9.78 Å². The number of hydrogen-bond acceptors (Lipinski definition) is 9. The third kappa shape index (κ3) is 10.8. The summed E-state index contributed by atoms with van der Waals surface area (Å²) in [5.41, 5.74) is 7.43. The molecule has 3 aromatic carbocycles. The highest BCUT2D eigenvalue weighted by Gasteiger charge is 2.19. The first-order valence-electron chi connectivity index (χ1n) is 19.3. The Kier molecular flexibility index (Phi) is 14.1. The van der Waals surface area contributed by atoms with Crippen LogP contribution in [0.1, 0.15) is 76.7 Å². The Bertz CT molecular complexity index is 1950. The lowest BCUT2D eigenvalue weighted by atomic mass is 9.93. The number of benzene rings is 3.